The van der Waals surface area contributed by atoms with Gasteiger partial charge in [0.05, 0.1) is 37.1 Å². The van der Waals surface area contributed by atoms with Crippen LogP contribution in [0.4, 0.5) is 5.69 Å². The summed E-state index contributed by atoms with van der Waals surface area (Å²) < 4.78 is 25.9. The molecule has 0 aliphatic heterocycles. The van der Waals surface area contributed by atoms with Crippen molar-refractivity contribution in [3.05, 3.63) is 144 Å². The topological polar surface area (TPSA) is 61.1 Å². The summed E-state index contributed by atoms with van der Waals surface area (Å²) in [5.74, 6) is 0.705. The van der Waals surface area contributed by atoms with E-state index in [9.17, 15) is 0 Å². The van der Waals surface area contributed by atoms with Crippen molar-refractivity contribution < 1.29 is 27.3 Å². The molecule has 6 nitrogen and oxygen atoms in total. The van der Waals surface area contributed by atoms with Gasteiger partial charge >= 0.3 is 0 Å². The van der Waals surface area contributed by atoms with E-state index in [1.807, 2.05) is 125 Å². The summed E-state index contributed by atoms with van der Waals surface area (Å²) in [6, 6.07) is 38.0. The third-order valence-corrected chi connectivity index (χ3v) is 10.9. The monoisotopic (exact) mass is 890 g/mol. The molecule has 53 heavy (non-hydrogen) atoms. The minimum Gasteiger partial charge on any atom is -0.486 e. The van der Waals surface area contributed by atoms with E-state index in [2.05, 4.69) is 52.2 Å². The van der Waals surface area contributed by atoms with Crippen molar-refractivity contribution in [1.29, 1.82) is 0 Å². The second-order valence-corrected chi connectivity index (χ2v) is 19.3. The van der Waals surface area contributed by atoms with Crippen molar-refractivity contribution in [3.63, 3.8) is 0 Å². The maximum absolute atomic E-state index is 8.79. The molecule has 1 radical (unpaired) electrons. The fraction of sp³-hybridized carbons (Fsp3) is 0.200. The molecule has 0 fully saturated rings. The minimum atomic E-state index is -1.79. The number of fused-ring (bicyclic) bond motifs is 4. The van der Waals surface area contributed by atoms with Gasteiger partial charge in [0, 0.05) is 45.8 Å². The molecule has 4 aromatic heterocycles. The van der Waals surface area contributed by atoms with E-state index in [1.54, 1.807) is 0 Å². The Kier molecular flexibility index (Phi) is 10.1. The van der Waals surface area contributed by atoms with Crippen molar-refractivity contribution in [2.45, 2.75) is 53.7 Å². The minimum absolute atomic E-state index is 0. The zero-order valence-electron chi connectivity index (χ0n) is 32.9. The molecule has 8 heteroatoms. The third kappa shape index (κ3) is 7.65. The summed E-state index contributed by atoms with van der Waals surface area (Å²) >= 11 is 0. The average molecular weight is 890 g/mol. The molecule has 8 aromatic rings. The van der Waals surface area contributed by atoms with E-state index in [-0.39, 0.29) is 26.0 Å². The molecule has 0 aliphatic carbocycles. The van der Waals surface area contributed by atoms with E-state index in [0.717, 1.165) is 66.5 Å². The number of aryl methyl sites for hydroxylation is 2. The summed E-state index contributed by atoms with van der Waals surface area (Å²) in [4.78, 5) is 17.6. The van der Waals surface area contributed by atoms with Crippen molar-refractivity contribution >= 4 is 52.1 Å². The number of imidazole rings is 1. The van der Waals surface area contributed by atoms with Crippen LogP contribution in [0.15, 0.2) is 108 Å². The number of hydrogen-bond acceptors (Lipinski definition) is 4. The number of benzene rings is 4. The molecule has 4 aromatic carbocycles. The fourth-order valence-corrected chi connectivity index (χ4v) is 7.87. The first-order valence-corrected chi connectivity index (χ1v) is 20.9. The maximum atomic E-state index is 8.79. The normalized spacial score (nSPS) is 12.2. The van der Waals surface area contributed by atoms with Gasteiger partial charge in [0.1, 0.15) is 0 Å². The molecule has 0 unspecified atom stereocenters. The number of aromatic nitrogens is 4. The van der Waals surface area contributed by atoms with Crippen LogP contribution < -0.4 is 5.19 Å². The van der Waals surface area contributed by atoms with E-state index in [1.165, 1.54) is 0 Å². The average Bonchev–Trinajstić information content (AvgIpc) is 3.73. The number of furan rings is 1. The van der Waals surface area contributed by atoms with Crippen LogP contribution in [0.3, 0.4) is 0 Å². The first-order chi connectivity index (χ1) is 25.8. The molecule has 8 rings (SSSR count). The molecule has 4 heterocycles. The number of rotatable bonds is 6. The molecular weight excluding hydrogens is 847 g/mol. The Hall–Kier alpha value is -5.19. The number of para-hydroxylation sites is 2. The van der Waals surface area contributed by atoms with Crippen molar-refractivity contribution in [2.75, 3.05) is 0 Å². The van der Waals surface area contributed by atoms with Gasteiger partial charge in [-0.1, -0.05) is 80.3 Å². The molecule has 0 N–H and O–H groups in total. The van der Waals surface area contributed by atoms with Gasteiger partial charge in [-0.25, -0.2) is 9.83 Å². The van der Waals surface area contributed by atoms with Crippen LogP contribution >= 0.6 is 0 Å². The first kappa shape index (κ1) is 34.9. The Morgan fingerprint density at radius 2 is 1.70 bits per heavy atom. The van der Waals surface area contributed by atoms with Crippen LogP contribution in [0.2, 0.25) is 19.6 Å². The van der Waals surface area contributed by atoms with Crippen LogP contribution in [-0.4, -0.2) is 27.6 Å². The van der Waals surface area contributed by atoms with Crippen LogP contribution in [0, 0.1) is 38.5 Å². The van der Waals surface area contributed by atoms with E-state index in [4.69, 9.17) is 23.7 Å². The second kappa shape index (κ2) is 15.4. The van der Waals surface area contributed by atoms with Crippen LogP contribution in [-0.2, 0) is 26.5 Å². The van der Waals surface area contributed by atoms with Gasteiger partial charge in [-0.05, 0) is 72.9 Å². The van der Waals surface area contributed by atoms with Gasteiger partial charge in [-0.3, -0.25) is 4.98 Å². The Labute approximate surface area is 329 Å². The quantitative estimate of drug-likeness (QED) is 0.123. The summed E-state index contributed by atoms with van der Waals surface area (Å²) in [6.45, 7) is 21.7. The van der Waals surface area contributed by atoms with Gasteiger partial charge in [-0.2, -0.15) is 0 Å². The molecule has 0 saturated carbocycles. The summed E-state index contributed by atoms with van der Waals surface area (Å²) in [5.41, 5.74) is 10.0. The van der Waals surface area contributed by atoms with Gasteiger partial charge in [-0.15, -0.1) is 54.1 Å². The Bertz CT molecular complexity index is 2710. The van der Waals surface area contributed by atoms with Gasteiger partial charge in [0.25, 0.3) is 0 Å². The van der Waals surface area contributed by atoms with Crippen molar-refractivity contribution in [1.82, 2.24) is 19.5 Å². The molecule has 267 valence electrons. The van der Waals surface area contributed by atoms with Gasteiger partial charge in [0.2, 0.25) is 5.71 Å². The molecule has 0 amide bonds. The summed E-state index contributed by atoms with van der Waals surface area (Å²) in [7, 11) is -1.79. The Balaban J connectivity index is 0.000000188. The molecule has 0 aliphatic rings. The predicted octanol–water partition coefficient (Wildman–Crippen LogP) is 11.2. The summed E-state index contributed by atoms with van der Waals surface area (Å²) in [5, 5.41) is 2.98. The van der Waals surface area contributed by atoms with Crippen LogP contribution in [0.5, 0.6) is 0 Å². The largest absolute Gasteiger partial charge is 0.486 e. The van der Waals surface area contributed by atoms with Crippen LogP contribution in [0.1, 0.15) is 33.4 Å². The zero-order chi connectivity index (χ0) is 38.4. The molecule has 0 saturated heterocycles. The molecule has 0 atom stereocenters. The van der Waals surface area contributed by atoms with E-state index in [0.29, 0.717) is 22.7 Å². The van der Waals surface area contributed by atoms with E-state index < -0.39 is 14.4 Å². The number of hydrogen-bond donors (Lipinski definition) is 0. The van der Waals surface area contributed by atoms with Crippen molar-refractivity contribution in [3.8, 4) is 28.3 Å². The van der Waals surface area contributed by atoms with E-state index >= 15 is 0 Å². The molecule has 0 spiro atoms. The van der Waals surface area contributed by atoms with Gasteiger partial charge in [0.15, 0.2) is 5.69 Å². The Morgan fingerprint density at radius 1 is 0.906 bits per heavy atom. The SMILES string of the molecule is [2H]C([2H])(c1cc(-c2[c-]ccc3c2oc2nc(C)ccc23)ncc1[Si](C)(C)C)C(C)C.[C-]#[N+]c1ccc(-n2c(-c3[c-]cccc3)nc3ccccc32)c(C)c1.[Ir]. The van der Waals surface area contributed by atoms with Crippen LogP contribution in [0.25, 0.3) is 66.3 Å². The predicted molar refractivity (Wildman–Crippen MR) is 216 cm³/mol. The Morgan fingerprint density at radius 3 is 2.42 bits per heavy atom. The number of nitrogens with zero attached hydrogens (tertiary/aromatic N) is 5. The second-order valence-electron chi connectivity index (χ2n) is 14.3. The summed E-state index contributed by atoms with van der Waals surface area (Å²) in [6.07, 6.45) is 0.419. The first-order valence-electron chi connectivity index (χ1n) is 18.4. The van der Waals surface area contributed by atoms with Crippen molar-refractivity contribution in [2.24, 2.45) is 5.92 Å². The van der Waals surface area contributed by atoms with Gasteiger partial charge < -0.3 is 14.0 Å². The fourth-order valence-electron chi connectivity index (χ4n) is 6.47. The molecule has 0 bridgehead atoms. The smallest absolute Gasteiger partial charge is 0.216 e. The molecular formula is C45H41IrN5OSi-2. The number of pyridine rings is 2. The third-order valence-electron chi connectivity index (χ3n) is 8.91. The standard InChI is InChI=1S/C24H27N2OSi.C21H14N3.Ir/c1-15(2)12-17-13-21(25-14-22(17)28(4,5)6)20-9-7-8-18-19-11-10-16(3)26-24(19)27-23(18)20;1-15-14-17(22-2)12-13-19(15)24-20-11-7-6-10-18(20)23-21(24)16-8-4-3-5-9-16;/h7-8,10-11,13-15H,12H2,1-6H3;3-8,10-14H,1H3;/q2*-1;/i12D2;;. The zero-order valence-corrected chi connectivity index (χ0v) is 34.3. The maximum Gasteiger partial charge on any atom is 0.216 e.